The zero-order chi connectivity index (χ0) is 15.1. The van der Waals surface area contributed by atoms with Crippen LogP contribution in [0.5, 0.6) is 0 Å². The summed E-state index contributed by atoms with van der Waals surface area (Å²) in [6.07, 6.45) is 5.06. The third-order valence-corrected chi connectivity index (χ3v) is 3.29. The van der Waals surface area contributed by atoms with E-state index in [9.17, 15) is 4.79 Å². The van der Waals surface area contributed by atoms with Crippen LogP contribution in [0.25, 0.3) is 0 Å². The Labute approximate surface area is 143 Å². The van der Waals surface area contributed by atoms with Crippen molar-refractivity contribution in [1.82, 2.24) is 5.43 Å². The molecule has 0 aliphatic rings. The molecule has 5 nitrogen and oxygen atoms in total. The van der Waals surface area contributed by atoms with E-state index >= 15 is 0 Å². The van der Waals surface area contributed by atoms with Crippen LogP contribution in [0.3, 0.4) is 0 Å². The predicted molar refractivity (Wildman–Crippen MR) is 82.9 cm³/mol. The maximum Gasteiger partial charge on any atom is 0.271 e. The van der Waals surface area contributed by atoms with Gasteiger partial charge in [-0.05, 0) is 17.7 Å². The highest BCUT2D eigenvalue weighted by Crippen LogP contribution is 2.08. The molecule has 0 saturated heterocycles. The lowest BCUT2D eigenvalue weighted by molar-refractivity contribution is -0.698. The maximum absolute atomic E-state index is 11.9. The molecule has 0 unspecified atom stereocenters. The summed E-state index contributed by atoms with van der Waals surface area (Å²) in [5.41, 5.74) is 3.88. The fraction of sp³-hybridized carbons (Fsp3) is 0.133. The number of halogens is 2. The number of nitrogens with one attached hydrogen (secondary N) is 1. The maximum atomic E-state index is 11.9. The summed E-state index contributed by atoms with van der Waals surface area (Å²) in [7, 11) is 0. The smallest absolute Gasteiger partial charge is 0.271 e. The van der Waals surface area contributed by atoms with E-state index in [1.165, 1.54) is 0 Å². The van der Waals surface area contributed by atoms with Crippen molar-refractivity contribution in [2.24, 2.45) is 5.10 Å². The topological polar surface area (TPSA) is 65.6 Å². The molecule has 0 radical (unpaired) electrons. The first-order valence-corrected chi connectivity index (χ1v) is 7.17. The lowest BCUT2D eigenvalue weighted by Crippen LogP contribution is -3.00. The number of hydrazone groups is 1. The molecule has 2 aromatic rings. The van der Waals surface area contributed by atoms with Gasteiger partial charge in [0.25, 0.3) is 5.91 Å². The second-order valence-electron chi connectivity index (χ2n) is 4.30. The number of hydrogen-bond acceptors (Lipinski definition) is 3. The van der Waals surface area contributed by atoms with Crippen LogP contribution in [0.2, 0.25) is 0 Å². The highest BCUT2D eigenvalue weighted by molar-refractivity contribution is 9.10. The molecule has 0 fully saturated rings. The molecule has 1 aromatic heterocycles. The van der Waals surface area contributed by atoms with Gasteiger partial charge in [-0.25, -0.2) is 9.99 Å². The average molecular weight is 385 g/mol. The van der Waals surface area contributed by atoms with Gasteiger partial charge in [0.1, 0.15) is 6.61 Å². The number of aliphatic hydroxyl groups is 1. The van der Waals surface area contributed by atoms with Crippen LogP contribution in [-0.2, 0) is 6.54 Å². The quantitative estimate of drug-likeness (QED) is 0.374. The number of benzene rings is 1. The Hall–Kier alpha value is -1.76. The monoisotopic (exact) mass is 383 g/mol. The van der Waals surface area contributed by atoms with Crippen LogP contribution in [0.15, 0.2) is 58.4 Å². The lowest BCUT2D eigenvalue weighted by atomic mass is 10.2. The lowest BCUT2D eigenvalue weighted by Gasteiger charge is -1.99. The summed E-state index contributed by atoms with van der Waals surface area (Å²) in [5, 5.41) is 12.7. The Kier molecular flexibility index (Phi) is 7.73. The second-order valence-corrected chi connectivity index (χ2v) is 5.21. The number of rotatable bonds is 5. The SMILES string of the molecule is O=C(N/N=C/c1ccc(Br)cc1)c1cc[n+](CCO)cc1.[Cl-]. The van der Waals surface area contributed by atoms with Gasteiger partial charge in [-0.15, -0.1) is 0 Å². The molecule has 22 heavy (non-hydrogen) atoms. The Morgan fingerprint density at radius 1 is 1.23 bits per heavy atom. The van der Waals surface area contributed by atoms with Gasteiger partial charge < -0.3 is 17.5 Å². The third-order valence-electron chi connectivity index (χ3n) is 2.76. The highest BCUT2D eigenvalue weighted by Gasteiger charge is 2.06. The molecular weight excluding hydrogens is 370 g/mol. The molecule has 2 N–H and O–H groups in total. The van der Waals surface area contributed by atoms with Crippen LogP contribution in [-0.4, -0.2) is 23.8 Å². The van der Waals surface area contributed by atoms with Gasteiger partial charge in [0.2, 0.25) is 0 Å². The molecule has 1 amide bonds. The summed E-state index contributed by atoms with van der Waals surface area (Å²) < 4.78 is 2.78. The number of nitrogens with zero attached hydrogens (tertiary/aromatic N) is 2. The van der Waals surface area contributed by atoms with Gasteiger partial charge in [-0.3, -0.25) is 4.79 Å². The molecule has 0 atom stereocenters. The van der Waals surface area contributed by atoms with Crippen molar-refractivity contribution in [2.45, 2.75) is 6.54 Å². The standard InChI is InChI=1S/C15H14BrN3O2.ClH/c16-14-3-1-12(2-4-14)11-17-18-15(21)13-5-7-19(8-6-13)9-10-20;/h1-8,11,20H,9-10H2;1H. The number of pyridine rings is 1. The van der Waals surface area contributed by atoms with Crippen LogP contribution in [0.4, 0.5) is 0 Å². The minimum absolute atomic E-state index is 0. The van der Waals surface area contributed by atoms with Crippen molar-refractivity contribution in [2.75, 3.05) is 6.61 Å². The number of hydrogen-bond donors (Lipinski definition) is 2. The van der Waals surface area contributed by atoms with Crippen molar-refractivity contribution in [3.05, 3.63) is 64.4 Å². The fourth-order valence-electron chi connectivity index (χ4n) is 1.65. The summed E-state index contributed by atoms with van der Waals surface area (Å²) >= 11 is 3.35. The van der Waals surface area contributed by atoms with Crippen molar-refractivity contribution in [3.8, 4) is 0 Å². The highest BCUT2D eigenvalue weighted by atomic mass is 79.9. The molecule has 1 heterocycles. The van der Waals surface area contributed by atoms with E-state index in [2.05, 4.69) is 26.5 Å². The minimum atomic E-state index is -0.278. The first-order valence-electron chi connectivity index (χ1n) is 6.38. The predicted octanol–water partition coefficient (Wildman–Crippen LogP) is -1.50. The molecule has 116 valence electrons. The number of aromatic nitrogens is 1. The average Bonchev–Trinajstić information content (AvgIpc) is 2.50. The van der Waals surface area contributed by atoms with Crippen molar-refractivity contribution in [3.63, 3.8) is 0 Å². The zero-order valence-corrected chi connectivity index (χ0v) is 14.0. The Bertz CT molecular complexity index is 630. The Morgan fingerprint density at radius 3 is 2.45 bits per heavy atom. The fourth-order valence-corrected chi connectivity index (χ4v) is 1.92. The van der Waals surface area contributed by atoms with Gasteiger partial charge >= 0.3 is 0 Å². The summed E-state index contributed by atoms with van der Waals surface area (Å²) in [6.45, 7) is 0.567. The van der Waals surface area contributed by atoms with Crippen LogP contribution >= 0.6 is 15.9 Å². The van der Waals surface area contributed by atoms with Crippen molar-refractivity contribution < 1.29 is 26.9 Å². The minimum Gasteiger partial charge on any atom is -1.00 e. The van der Waals surface area contributed by atoms with Gasteiger partial charge in [0.15, 0.2) is 18.9 Å². The van der Waals surface area contributed by atoms with E-state index in [0.29, 0.717) is 12.1 Å². The zero-order valence-electron chi connectivity index (χ0n) is 11.6. The third kappa shape index (κ3) is 5.55. The van der Waals surface area contributed by atoms with Gasteiger partial charge in [-0.1, -0.05) is 28.1 Å². The van der Waals surface area contributed by atoms with Crippen molar-refractivity contribution >= 4 is 28.1 Å². The van der Waals surface area contributed by atoms with Crippen LogP contribution < -0.4 is 22.4 Å². The molecular formula is C15H15BrClN3O2. The Morgan fingerprint density at radius 2 is 1.86 bits per heavy atom. The Balaban J connectivity index is 0.00000242. The largest absolute Gasteiger partial charge is 1.00 e. The molecule has 0 aliphatic heterocycles. The molecule has 0 spiro atoms. The van der Waals surface area contributed by atoms with E-state index in [1.807, 2.05) is 24.3 Å². The molecule has 0 saturated carbocycles. The second kappa shape index (κ2) is 9.30. The summed E-state index contributed by atoms with van der Waals surface area (Å²) in [5.74, 6) is -0.278. The number of carbonyl (C=O) groups is 1. The number of carbonyl (C=O) groups excluding carboxylic acids is 1. The summed E-state index contributed by atoms with van der Waals surface area (Å²) in [6, 6.07) is 10.9. The molecule has 1 aromatic carbocycles. The first kappa shape index (κ1) is 18.3. The van der Waals surface area contributed by atoms with Gasteiger partial charge in [0.05, 0.1) is 11.8 Å². The molecule has 0 bridgehead atoms. The number of aliphatic hydroxyl groups excluding tert-OH is 1. The van der Waals surface area contributed by atoms with E-state index in [-0.39, 0.29) is 24.9 Å². The van der Waals surface area contributed by atoms with E-state index < -0.39 is 0 Å². The molecule has 0 aliphatic carbocycles. The van der Waals surface area contributed by atoms with Crippen LogP contribution in [0, 0.1) is 0 Å². The molecule has 7 heteroatoms. The van der Waals surface area contributed by atoms with Crippen molar-refractivity contribution in [1.29, 1.82) is 0 Å². The molecule has 2 rings (SSSR count). The summed E-state index contributed by atoms with van der Waals surface area (Å²) in [4.78, 5) is 11.9. The van der Waals surface area contributed by atoms with Crippen LogP contribution in [0.1, 0.15) is 15.9 Å². The van der Waals surface area contributed by atoms with E-state index in [1.54, 1.807) is 35.3 Å². The van der Waals surface area contributed by atoms with Gasteiger partial charge in [-0.2, -0.15) is 5.10 Å². The van der Waals surface area contributed by atoms with Gasteiger partial charge in [0, 0.05) is 16.6 Å². The first-order chi connectivity index (χ1) is 10.2. The number of amides is 1. The normalized spacial score (nSPS) is 10.3. The van der Waals surface area contributed by atoms with E-state index in [4.69, 9.17) is 5.11 Å². The van der Waals surface area contributed by atoms with E-state index in [0.717, 1.165) is 10.0 Å².